The van der Waals surface area contributed by atoms with Gasteiger partial charge in [0, 0.05) is 5.92 Å². The predicted molar refractivity (Wildman–Crippen MR) is 85.9 cm³/mol. The summed E-state index contributed by atoms with van der Waals surface area (Å²) in [5.74, 6) is 1.22. The van der Waals surface area contributed by atoms with Crippen LogP contribution in [0.3, 0.4) is 0 Å². The lowest BCUT2D eigenvalue weighted by Gasteiger charge is -2.27. The van der Waals surface area contributed by atoms with Gasteiger partial charge in [-0.1, -0.05) is 61.5 Å². The van der Waals surface area contributed by atoms with Crippen molar-refractivity contribution in [3.05, 3.63) is 71.3 Å². The van der Waals surface area contributed by atoms with Crippen LogP contribution in [0.2, 0.25) is 0 Å². The molecule has 2 aromatic carbocycles. The third kappa shape index (κ3) is 1.83. The van der Waals surface area contributed by atoms with Gasteiger partial charge in [-0.15, -0.1) is 0 Å². The molecule has 2 aliphatic rings. The summed E-state index contributed by atoms with van der Waals surface area (Å²) < 4.78 is 0. The zero-order chi connectivity index (χ0) is 13.5. The average Bonchev–Trinajstić information content (AvgIpc) is 2.87. The fourth-order valence-electron chi connectivity index (χ4n) is 3.95. The van der Waals surface area contributed by atoms with Gasteiger partial charge in [0.1, 0.15) is 0 Å². The Kier molecular flexibility index (Phi) is 2.77. The number of benzene rings is 2. The maximum atomic E-state index is 2.49. The minimum absolute atomic E-state index is 0.603. The van der Waals surface area contributed by atoms with Gasteiger partial charge in [-0.05, 0) is 52.7 Å². The van der Waals surface area contributed by atoms with Crippen LogP contribution >= 0.6 is 0 Å². The van der Waals surface area contributed by atoms with Crippen LogP contribution < -0.4 is 0 Å². The van der Waals surface area contributed by atoms with E-state index >= 15 is 0 Å². The van der Waals surface area contributed by atoms with E-state index in [1.54, 1.807) is 11.1 Å². The molecule has 2 atom stereocenters. The second kappa shape index (κ2) is 4.63. The van der Waals surface area contributed by atoms with Gasteiger partial charge in [0.25, 0.3) is 0 Å². The maximum absolute atomic E-state index is 2.49. The van der Waals surface area contributed by atoms with E-state index in [1.807, 2.05) is 0 Å². The fraction of sp³-hybridized carbons (Fsp3) is 0.300. The SMILES string of the molecule is CC1C=C2CCCC(c3cccc4ccccc34)C2=C1. The molecule has 0 aromatic heterocycles. The van der Waals surface area contributed by atoms with E-state index in [4.69, 9.17) is 0 Å². The van der Waals surface area contributed by atoms with Crippen LogP contribution in [-0.2, 0) is 0 Å². The number of hydrogen-bond donors (Lipinski definition) is 0. The molecular formula is C20H20. The minimum atomic E-state index is 0.603. The quantitative estimate of drug-likeness (QED) is 0.625. The van der Waals surface area contributed by atoms with Crippen LogP contribution in [0.25, 0.3) is 10.8 Å². The van der Waals surface area contributed by atoms with Gasteiger partial charge in [-0.3, -0.25) is 0 Å². The largest absolute Gasteiger partial charge is 0.0744 e. The lowest BCUT2D eigenvalue weighted by Crippen LogP contribution is -2.10. The van der Waals surface area contributed by atoms with E-state index in [0.717, 1.165) is 0 Å². The van der Waals surface area contributed by atoms with Crippen molar-refractivity contribution in [2.45, 2.75) is 32.1 Å². The third-order valence-corrected chi connectivity index (χ3v) is 4.79. The summed E-state index contributed by atoms with van der Waals surface area (Å²) in [5, 5.41) is 2.80. The lowest BCUT2D eigenvalue weighted by molar-refractivity contribution is 0.612. The fourth-order valence-corrected chi connectivity index (χ4v) is 3.95. The van der Waals surface area contributed by atoms with Crippen molar-refractivity contribution >= 4 is 10.8 Å². The van der Waals surface area contributed by atoms with Gasteiger partial charge in [-0.25, -0.2) is 0 Å². The summed E-state index contributed by atoms with van der Waals surface area (Å²) in [4.78, 5) is 0. The van der Waals surface area contributed by atoms with E-state index in [9.17, 15) is 0 Å². The Morgan fingerprint density at radius 1 is 0.950 bits per heavy atom. The summed E-state index contributed by atoms with van der Waals surface area (Å²) in [6.45, 7) is 2.30. The molecule has 1 saturated carbocycles. The highest BCUT2D eigenvalue weighted by Crippen LogP contribution is 2.46. The smallest absolute Gasteiger partial charge is 0.00952 e. The van der Waals surface area contributed by atoms with Gasteiger partial charge in [-0.2, -0.15) is 0 Å². The van der Waals surface area contributed by atoms with Crippen molar-refractivity contribution in [1.82, 2.24) is 0 Å². The summed E-state index contributed by atoms with van der Waals surface area (Å²) >= 11 is 0. The second-order valence-electron chi connectivity index (χ2n) is 6.19. The minimum Gasteiger partial charge on any atom is -0.0744 e. The maximum Gasteiger partial charge on any atom is 0.00952 e. The van der Waals surface area contributed by atoms with Crippen molar-refractivity contribution in [3.63, 3.8) is 0 Å². The first-order valence-electron chi connectivity index (χ1n) is 7.73. The standard InChI is InChI=1S/C20H20/c1-14-12-16-8-5-11-19(20(16)13-14)18-10-4-7-15-6-2-3-9-17(15)18/h2-4,6-7,9-10,12-14,19H,5,8,11H2,1H3. The van der Waals surface area contributed by atoms with Crippen molar-refractivity contribution in [1.29, 1.82) is 0 Å². The highest BCUT2D eigenvalue weighted by Gasteiger charge is 2.28. The number of allylic oxidation sites excluding steroid dienone is 4. The van der Waals surface area contributed by atoms with Crippen molar-refractivity contribution in [2.75, 3.05) is 0 Å². The Labute approximate surface area is 120 Å². The molecule has 0 heteroatoms. The highest BCUT2D eigenvalue weighted by molar-refractivity contribution is 5.86. The first-order chi connectivity index (χ1) is 9.83. The number of fused-ring (bicyclic) bond motifs is 2. The van der Waals surface area contributed by atoms with Crippen LogP contribution in [0.5, 0.6) is 0 Å². The molecule has 0 spiro atoms. The zero-order valence-corrected chi connectivity index (χ0v) is 12.0. The van der Waals surface area contributed by atoms with E-state index in [1.165, 1.54) is 35.6 Å². The monoisotopic (exact) mass is 260 g/mol. The summed E-state index contributed by atoms with van der Waals surface area (Å²) in [5.41, 5.74) is 4.75. The zero-order valence-electron chi connectivity index (χ0n) is 12.0. The number of hydrogen-bond acceptors (Lipinski definition) is 0. The Bertz CT molecular complexity index is 712. The van der Waals surface area contributed by atoms with Gasteiger partial charge < -0.3 is 0 Å². The molecule has 0 N–H and O–H groups in total. The number of rotatable bonds is 1. The van der Waals surface area contributed by atoms with E-state index in [-0.39, 0.29) is 0 Å². The van der Waals surface area contributed by atoms with Crippen LogP contribution in [0, 0.1) is 5.92 Å². The first kappa shape index (κ1) is 12.0. The Morgan fingerprint density at radius 2 is 1.80 bits per heavy atom. The molecule has 0 radical (unpaired) electrons. The van der Waals surface area contributed by atoms with Crippen LogP contribution in [-0.4, -0.2) is 0 Å². The van der Waals surface area contributed by atoms with Crippen LogP contribution in [0.15, 0.2) is 65.8 Å². The molecule has 0 heterocycles. The average molecular weight is 260 g/mol. The Balaban J connectivity index is 1.87. The molecule has 0 amide bonds. The molecule has 0 saturated heterocycles. The second-order valence-corrected chi connectivity index (χ2v) is 6.19. The Hall–Kier alpha value is -1.82. The summed E-state index contributed by atoms with van der Waals surface area (Å²) in [6.07, 6.45) is 8.85. The molecule has 0 aliphatic heterocycles. The van der Waals surface area contributed by atoms with Gasteiger partial charge in [0.05, 0.1) is 0 Å². The van der Waals surface area contributed by atoms with Crippen LogP contribution in [0.4, 0.5) is 0 Å². The topological polar surface area (TPSA) is 0 Å². The Morgan fingerprint density at radius 3 is 2.75 bits per heavy atom. The normalized spacial score (nSPS) is 25.2. The van der Waals surface area contributed by atoms with Crippen LogP contribution in [0.1, 0.15) is 37.7 Å². The molecule has 100 valence electrons. The molecule has 20 heavy (non-hydrogen) atoms. The predicted octanol–water partition coefficient (Wildman–Crippen LogP) is 5.61. The van der Waals surface area contributed by atoms with E-state index < -0.39 is 0 Å². The van der Waals surface area contributed by atoms with Crippen molar-refractivity contribution in [2.24, 2.45) is 5.92 Å². The summed E-state index contributed by atoms with van der Waals surface area (Å²) in [7, 11) is 0. The highest BCUT2D eigenvalue weighted by atomic mass is 14.3. The molecule has 2 aromatic rings. The van der Waals surface area contributed by atoms with E-state index in [0.29, 0.717) is 11.8 Å². The molecule has 0 bridgehead atoms. The summed E-state index contributed by atoms with van der Waals surface area (Å²) in [6, 6.07) is 15.6. The van der Waals surface area contributed by atoms with E-state index in [2.05, 4.69) is 61.5 Å². The van der Waals surface area contributed by atoms with Gasteiger partial charge in [0.15, 0.2) is 0 Å². The molecule has 0 nitrogen and oxygen atoms in total. The molecule has 2 unspecified atom stereocenters. The van der Waals surface area contributed by atoms with Gasteiger partial charge >= 0.3 is 0 Å². The molecule has 1 fully saturated rings. The molecule has 2 aliphatic carbocycles. The van der Waals surface area contributed by atoms with Crippen molar-refractivity contribution < 1.29 is 0 Å². The molecule has 4 rings (SSSR count). The lowest BCUT2D eigenvalue weighted by atomic mass is 9.77. The third-order valence-electron chi connectivity index (χ3n) is 4.79. The first-order valence-corrected chi connectivity index (χ1v) is 7.73. The van der Waals surface area contributed by atoms with Crippen molar-refractivity contribution in [3.8, 4) is 0 Å². The molecular weight excluding hydrogens is 240 g/mol. The van der Waals surface area contributed by atoms with Gasteiger partial charge in [0.2, 0.25) is 0 Å².